The molecule has 2 heteroatoms. The normalized spacial score (nSPS) is 10.7. The lowest BCUT2D eigenvalue weighted by Gasteiger charge is -2.04. The van der Waals surface area contributed by atoms with E-state index in [1.807, 2.05) is 59.4 Å². The van der Waals surface area contributed by atoms with Crippen LogP contribution in [0.25, 0.3) is 10.8 Å². The van der Waals surface area contributed by atoms with Gasteiger partial charge in [-0.3, -0.25) is 4.79 Å². The number of nitrogens with zero attached hydrogens (tertiary/aromatic N) is 1. The van der Waals surface area contributed by atoms with E-state index < -0.39 is 0 Å². The van der Waals surface area contributed by atoms with Crippen LogP contribution >= 0.6 is 0 Å². The molecular weight excluding hydrogens is 258 g/mol. The van der Waals surface area contributed by atoms with Crippen molar-refractivity contribution in [2.45, 2.75) is 19.9 Å². The van der Waals surface area contributed by atoms with Crippen molar-refractivity contribution < 1.29 is 9.36 Å². The molecule has 0 aliphatic carbocycles. The molecule has 0 N–H and O–H groups in total. The second-order valence-corrected chi connectivity index (χ2v) is 5.18. The van der Waals surface area contributed by atoms with Crippen LogP contribution in [0.5, 0.6) is 0 Å². The summed E-state index contributed by atoms with van der Waals surface area (Å²) in [5, 5.41) is 2.13. The molecule has 0 aliphatic rings. The van der Waals surface area contributed by atoms with Gasteiger partial charge in [0.25, 0.3) is 0 Å². The lowest BCUT2D eigenvalue weighted by molar-refractivity contribution is -0.683. The van der Waals surface area contributed by atoms with Crippen molar-refractivity contribution in [2.75, 3.05) is 0 Å². The lowest BCUT2D eigenvalue weighted by atomic mass is 10.0. The average molecular weight is 276 g/mol. The van der Waals surface area contributed by atoms with Gasteiger partial charge in [-0.05, 0) is 22.8 Å². The number of rotatable bonds is 4. The molecule has 0 fully saturated rings. The Balaban J connectivity index is 1.90. The summed E-state index contributed by atoms with van der Waals surface area (Å²) >= 11 is 0. The molecule has 0 saturated carbocycles. The highest BCUT2D eigenvalue weighted by molar-refractivity contribution is 6.07. The van der Waals surface area contributed by atoms with Gasteiger partial charge in [0.15, 0.2) is 12.4 Å². The largest absolute Gasteiger partial charge is 0.287 e. The fraction of sp³-hybridized carbons (Fsp3) is 0.158. The Hall–Kier alpha value is -2.48. The Bertz CT molecular complexity index is 770. The van der Waals surface area contributed by atoms with Gasteiger partial charge in [0.2, 0.25) is 12.3 Å². The number of Topliss-reactive ketones (excluding diaryl/α,β-unsaturated/α-hetero) is 1. The smallest absolute Gasteiger partial charge is 0.228 e. The lowest BCUT2D eigenvalue weighted by Crippen LogP contribution is -2.37. The average Bonchev–Trinajstić information content (AvgIpc) is 2.55. The van der Waals surface area contributed by atoms with Gasteiger partial charge in [-0.2, -0.15) is 4.57 Å². The Kier molecular flexibility index (Phi) is 3.78. The molecule has 3 rings (SSSR count). The van der Waals surface area contributed by atoms with Crippen LogP contribution in [0.1, 0.15) is 22.8 Å². The molecule has 21 heavy (non-hydrogen) atoms. The van der Waals surface area contributed by atoms with Crippen LogP contribution in [-0.2, 0) is 13.0 Å². The molecule has 0 saturated heterocycles. The zero-order chi connectivity index (χ0) is 14.7. The molecule has 0 unspecified atom stereocenters. The van der Waals surface area contributed by atoms with Crippen molar-refractivity contribution >= 4 is 16.6 Å². The summed E-state index contributed by atoms with van der Waals surface area (Å²) < 4.78 is 1.93. The first kappa shape index (κ1) is 13.5. The maximum absolute atomic E-state index is 12.6. The third kappa shape index (κ3) is 2.84. The maximum atomic E-state index is 12.6. The van der Waals surface area contributed by atoms with Gasteiger partial charge in [0.1, 0.15) is 0 Å². The molecule has 0 amide bonds. The quantitative estimate of drug-likeness (QED) is 0.527. The van der Waals surface area contributed by atoms with E-state index in [1.54, 1.807) is 0 Å². The maximum Gasteiger partial charge on any atom is 0.228 e. The molecule has 0 bridgehead atoms. The summed E-state index contributed by atoms with van der Waals surface area (Å²) in [6.07, 6.45) is 4.96. The minimum absolute atomic E-state index is 0.140. The van der Waals surface area contributed by atoms with Gasteiger partial charge in [0, 0.05) is 17.7 Å². The van der Waals surface area contributed by atoms with Gasteiger partial charge in [-0.1, -0.05) is 49.4 Å². The Morgan fingerprint density at radius 3 is 2.43 bits per heavy atom. The predicted molar refractivity (Wildman–Crippen MR) is 84.3 cm³/mol. The predicted octanol–water partition coefficient (Wildman–Crippen LogP) is 3.57. The van der Waals surface area contributed by atoms with Crippen LogP contribution < -0.4 is 4.57 Å². The van der Waals surface area contributed by atoms with Crippen molar-refractivity contribution in [1.29, 1.82) is 0 Å². The summed E-state index contributed by atoms with van der Waals surface area (Å²) in [6, 6.07) is 18.0. The summed E-state index contributed by atoms with van der Waals surface area (Å²) in [5.41, 5.74) is 2.07. The molecular formula is C19H18NO+. The topological polar surface area (TPSA) is 20.9 Å². The number of benzene rings is 2. The van der Waals surface area contributed by atoms with Crippen molar-refractivity contribution in [3.8, 4) is 0 Å². The summed E-state index contributed by atoms with van der Waals surface area (Å²) in [6.45, 7) is 2.50. The first-order chi connectivity index (χ1) is 10.3. The summed E-state index contributed by atoms with van der Waals surface area (Å²) in [5.74, 6) is 0.140. The monoisotopic (exact) mass is 276 g/mol. The number of hydrogen-bond donors (Lipinski definition) is 0. The van der Waals surface area contributed by atoms with Crippen molar-refractivity contribution in [3.05, 3.63) is 78.1 Å². The highest BCUT2D eigenvalue weighted by Crippen LogP contribution is 2.18. The van der Waals surface area contributed by atoms with Crippen LogP contribution in [0.4, 0.5) is 0 Å². The molecule has 0 atom stereocenters. The first-order valence-electron chi connectivity index (χ1n) is 7.27. The van der Waals surface area contributed by atoms with Gasteiger partial charge < -0.3 is 0 Å². The molecule has 1 heterocycles. The van der Waals surface area contributed by atoms with E-state index in [4.69, 9.17) is 0 Å². The summed E-state index contributed by atoms with van der Waals surface area (Å²) in [7, 11) is 0. The number of pyridine rings is 1. The van der Waals surface area contributed by atoms with Gasteiger partial charge in [-0.25, -0.2) is 0 Å². The van der Waals surface area contributed by atoms with E-state index in [9.17, 15) is 4.79 Å². The van der Waals surface area contributed by atoms with E-state index in [2.05, 4.69) is 19.1 Å². The summed E-state index contributed by atoms with van der Waals surface area (Å²) in [4.78, 5) is 12.6. The van der Waals surface area contributed by atoms with Crippen LogP contribution in [0.3, 0.4) is 0 Å². The van der Waals surface area contributed by atoms with E-state index in [-0.39, 0.29) is 5.78 Å². The van der Waals surface area contributed by atoms with Crippen LogP contribution in [0.15, 0.2) is 67.0 Å². The van der Waals surface area contributed by atoms with E-state index >= 15 is 0 Å². The SMILES string of the molecule is CCc1cc[n+](CC(=O)c2cccc3ccccc23)cc1. The Morgan fingerprint density at radius 2 is 1.67 bits per heavy atom. The number of aryl methyl sites for hydroxylation is 1. The third-order valence-electron chi connectivity index (χ3n) is 3.78. The number of fused-ring (bicyclic) bond motifs is 1. The first-order valence-corrected chi connectivity index (χ1v) is 7.27. The highest BCUT2D eigenvalue weighted by Gasteiger charge is 2.14. The molecule has 1 aromatic heterocycles. The van der Waals surface area contributed by atoms with E-state index in [1.165, 1.54) is 5.56 Å². The van der Waals surface area contributed by atoms with Crippen LogP contribution in [0, 0.1) is 0 Å². The molecule has 3 aromatic rings. The molecule has 0 spiro atoms. The highest BCUT2D eigenvalue weighted by atomic mass is 16.1. The molecule has 0 aliphatic heterocycles. The Labute approximate surface area is 124 Å². The van der Waals surface area contributed by atoms with Gasteiger partial charge in [0.05, 0.1) is 0 Å². The van der Waals surface area contributed by atoms with Crippen LogP contribution in [0.2, 0.25) is 0 Å². The van der Waals surface area contributed by atoms with Crippen LogP contribution in [-0.4, -0.2) is 5.78 Å². The van der Waals surface area contributed by atoms with Crippen molar-refractivity contribution in [3.63, 3.8) is 0 Å². The third-order valence-corrected chi connectivity index (χ3v) is 3.78. The van der Waals surface area contributed by atoms with Crippen molar-refractivity contribution in [1.82, 2.24) is 0 Å². The molecule has 2 nitrogen and oxygen atoms in total. The Morgan fingerprint density at radius 1 is 0.952 bits per heavy atom. The van der Waals surface area contributed by atoms with E-state index in [0.717, 1.165) is 22.8 Å². The minimum Gasteiger partial charge on any atom is -0.287 e. The zero-order valence-corrected chi connectivity index (χ0v) is 12.1. The molecule has 0 radical (unpaired) electrons. The van der Waals surface area contributed by atoms with Crippen molar-refractivity contribution in [2.24, 2.45) is 0 Å². The molecule has 2 aromatic carbocycles. The van der Waals surface area contributed by atoms with Gasteiger partial charge in [-0.15, -0.1) is 0 Å². The fourth-order valence-electron chi connectivity index (χ4n) is 2.55. The number of aromatic nitrogens is 1. The standard InChI is InChI=1S/C19H18NO/c1-2-15-10-12-20(13-11-15)14-19(21)18-9-5-7-16-6-3-4-8-17(16)18/h3-13H,2,14H2,1H3/q+1. The molecule has 104 valence electrons. The number of hydrogen-bond acceptors (Lipinski definition) is 1. The zero-order valence-electron chi connectivity index (χ0n) is 12.1. The van der Waals surface area contributed by atoms with E-state index in [0.29, 0.717) is 6.54 Å². The number of carbonyl (C=O) groups excluding carboxylic acids is 1. The fourth-order valence-corrected chi connectivity index (χ4v) is 2.55. The second kappa shape index (κ2) is 5.88. The number of ketones is 1. The van der Waals surface area contributed by atoms with Gasteiger partial charge >= 0.3 is 0 Å². The number of carbonyl (C=O) groups is 1. The minimum atomic E-state index is 0.140. The second-order valence-electron chi connectivity index (χ2n) is 5.18.